The molecule has 3 aromatic carbocycles. The molecule has 1 N–H and O–H groups in total. The molecule has 150 valence electrons. The molecule has 1 aromatic heterocycles. The first-order valence-corrected chi connectivity index (χ1v) is 10.4. The Bertz CT molecular complexity index is 1150. The fourth-order valence-corrected chi connectivity index (χ4v) is 3.87. The summed E-state index contributed by atoms with van der Waals surface area (Å²) in [5.41, 5.74) is 5.63. The molecule has 0 saturated heterocycles. The number of hydrogen-bond donors (Lipinski definition) is 1. The van der Waals surface area contributed by atoms with Crippen LogP contribution in [0, 0.1) is 6.92 Å². The van der Waals surface area contributed by atoms with E-state index in [4.69, 9.17) is 4.98 Å². The zero-order chi connectivity index (χ0) is 20.9. The molecule has 4 rings (SSSR count). The molecule has 1 amide bonds. The Balaban J connectivity index is 1.63. The van der Waals surface area contributed by atoms with Gasteiger partial charge in [0.05, 0.1) is 16.8 Å². The molecule has 0 spiro atoms. The molecule has 0 aliphatic heterocycles. The standard InChI is InChI=1S/C27H26N2O/c1-19(17-18-21-11-5-3-6-12-21)28-27(30)25-20(2)26(22-13-7-4-8-14-22)29-24-16-10-9-15-23(24)25/h3-16,19H,17-18H2,1-2H3,(H,28,30)/t19-/m0/s1. The highest BCUT2D eigenvalue weighted by Crippen LogP contribution is 2.29. The molecule has 0 saturated carbocycles. The Labute approximate surface area is 177 Å². The van der Waals surface area contributed by atoms with E-state index in [1.54, 1.807) is 0 Å². The van der Waals surface area contributed by atoms with E-state index in [1.165, 1.54) is 5.56 Å². The third kappa shape index (κ3) is 4.25. The van der Waals surface area contributed by atoms with Crippen LogP contribution in [0.25, 0.3) is 22.2 Å². The molecule has 3 nitrogen and oxygen atoms in total. The number of hydrogen-bond acceptors (Lipinski definition) is 2. The molecule has 0 radical (unpaired) electrons. The lowest BCUT2D eigenvalue weighted by molar-refractivity contribution is 0.0939. The van der Waals surface area contributed by atoms with Gasteiger partial charge in [0.1, 0.15) is 0 Å². The minimum Gasteiger partial charge on any atom is -0.350 e. The van der Waals surface area contributed by atoms with Crippen molar-refractivity contribution in [2.24, 2.45) is 0 Å². The van der Waals surface area contributed by atoms with Crippen molar-refractivity contribution in [1.82, 2.24) is 10.3 Å². The quantitative estimate of drug-likeness (QED) is 0.438. The van der Waals surface area contributed by atoms with Crippen LogP contribution in [0.4, 0.5) is 0 Å². The Morgan fingerprint density at radius 3 is 2.27 bits per heavy atom. The van der Waals surface area contributed by atoms with Crippen LogP contribution in [-0.2, 0) is 6.42 Å². The summed E-state index contributed by atoms with van der Waals surface area (Å²) in [6.45, 7) is 4.06. The number of nitrogens with one attached hydrogen (secondary N) is 1. The number of aryl methyl sites for hydroxylation is 1. The van der Waals surface area contributed by atoms with Crippen molar-refractivity contribution in [2.45, 2.75) is 32.7 Å². The maximum Gasteiger partial charge on any atom is 0.252 e. The molecule has 0 aliphatic rings. The van der Waals surface area contributed by atoms with Crippen molar-refractivity contribution in [3.05, 3.63) is 102 Å². The Morgan fingerprint density at radius 2 is 1.53 bits per heavy atom. The van der Waals surface area contributed by atoms with Crippen LogP contribution in [0.3, 0.4) is 0 Å². The summed E-state index contributed by atoms with van der Waals surface area (Å²) in [7, 11) is 0. The molecule has 0 aliphatic carbocycles. The van der Waals surface area contributed by atoms with Crippen molar-refractivity contribution in [2.75, 3.05) is 0 Å². The summed E-state index contributed by atoms with van der Waals surface area (Å²) in [5, 5.41) is 4.10. The molecule has 0 fully saturated rings. The van der Waals surface area contributed by atoms with Crippen LogP contribution in [0.2, 0.25) is 0 Å². The van der Waals surface area contributed by atoms with Gasteiger partial charge in [-0.25, -0.2) is 4.98 Å². The lowest BCUT2D eigenvalue weighted by atomic mass is 9.96. The number of fused-ring (bicyclic) bond motifs is 1. The number of benzene rings is 3. The van der Waals surface area contributed by atoms with Crippen LogP contribution in [0.5, 0.6) is 0 Å². The third-order valence-electron chi connectivity index (χ3n) is 5.50. The average molecular weight is 395 g/mol. The van der Waals surface area contributed by atoms with E-state index in [0.717, 1.165) is 40.6 Å². The van der Waals surface area contributed by atoms with Crippen molar-refractivity contribution in [3.63, 3.8) is 0 Å². The largest absolute Gasteiger partial charge is 0.350 e. The second-order valence-corrected chi connectivity index (χ2v) is 7.74. The summed E-state index contributed by atoms with van der Waals surface area (Å²) in [6.07, 6.45) is 1.83. The van der Waals surface area contributed by atoms with Crippen molar-refractivity contribution < 1.29 is 4.79 Å². The van der Waals surface area contributed by atoms with Gasteiger partial charge in [-0.05, 0) is 43.9 Å². The van der Waals surface area contributed by atoms with Gasteiger partial charge in [0, 0.05) is 17.0 Å². The summed E-state index contributed by atoms with van der Waals surface area (Å²) in [4.78, 5) is 18.2. The Morgan fingerprint density at radius 1 is 0.900 bits per heavy atom. The van der Waals surface area contributed by atoms with Gasteiger partial charge in [-0.3, -0.25) is 4.79 Å². The predicted octanol–water partition coefficient (Wildman–Crippen LogP) is 5.96. The Hall–Kier alpha value is -3.46. The van der Waals surface area contributed by atoms with E-state index in [-0.39, 0.29) is 11.9 Å². The molecule has 4 aromatic rings. The number of rotatable bonds is 6. The van der Waals surface area contributed by atoms with Crippen LogP contribution in [0.15, 0.2) is 84.9 Å². The van der Waals surface area contributed by atoms with Gasteiger partial charge in [0.2, 0.25) is 0 Å². The molecule has 1 atom stereocenters. The molecule has 1 heterocycles. The van der Waals surface area contributed by atoms with Gasteiger partial charge in [-0.1, -0.05) is 78.9 Å². The number of amides is 1. The summed E-state index contributed by atoms with van der Waals surface area (Å²) in [5.74, 6) is -0.0381. The van der Waals surface area contributed by atoms with E-state index in [9.17, 15) is 4.79 Å². The maximum atomic E-state index is 13.3. The van der Waals surface area contributed by atoms with Gasteiger partial charge in [0.25, 0.3) is 5.91 Å². The first-order chi connectivity index (χ1) is 14.6. The number of aromatic nitrogens is 1. The second-order valence-electron chi connectivity index (χ2n) is 7.74. The number of pyridine rings is 1. The smallest absolute Gasteiger partial charge is 0.252 e. The molecule has 0 bridgehead atoms. The van der Waals surface area contributed by atoms with E-state index in [0.29, 0.717) is 5.56 Å². The van der Waals surface area contributed by atoms with Gasteiger partial charge in [-0.15, -0.1) is 0 Å². The highest BCUT2D eigenvalue weighted by atomic mass is 16.1. The van der Waals surface area contributed by atoms with E-state index < -0.39 is 0 Å². The highest BCUT2D eigenvalue weighted by molar-refractivity contribution is 6.09. The van der Waals surface area contributed by atoms with E-state index in [2.05, 4.69) is 36.5 Å². The zero-order valence-corrected chi connectivity index (χ0v) is 17.4. The number of carbonyl (C=O) groups excluding carboxylic acids is 1. The van der Waals surface area contributed by atoms with Gasteiger partial charge in [0.15, 0.2) is 0 Å². The first kappa shape index (κ1) is 19.8. The van der Waals surface area contributed by atoms with Crippen molar-refractivity contribution >= 4 is 16.8 Å². The molecule has 3 heteroatoms. The molecule has 0 unspecified atom stereocenters. The minimum atomic E-state index is -0.0381. The van der Waals surface area contributed by atoms with Crippen LogP contribution in [0.1, 0.15) is 34.8 Å². The van der Waals surface area contributed by atoms with Gasteiger partial charge in [-0.2, -0.15) is 0 Å². The van der Waals surface area contributed by atoms with Crippen molar-refractivity contribution in [3.8, 4) is 11.3 Å². The van der Waals surface area contributed by atoms with Crippen molar-refractivity contribution in [1.29, 1.82) is 0 Å². The van der Waals surface area contributed by atoms with Crippen LogP contribution in [-0.4, -0.2) is 16.9 Å². The third-order valence-corrected chi connectivity index (χ3v) is 5.50. The monoisotopic (exact) mass is 394 g/mol. The zero-order valence-electron chi connectivity index (χ0n) is 17.4. The predicted molar refractivity (Wildman–Crippen MR) is 124 cm³/mol. The Kier molecular flexibility index (Phi) is 5.89. The fourth-order valence-electron chi connectivity index (χ4n) is 3.87. The molecular formula is C27H26N2O. The van der Waals surface area contributed by atoms with Crippen LogP contribution >= 0.6 is 0 Å². The fraction of sp³-hybridized carbons (Fsp3) is 0.185. The summed E-state index contributed by atoms with van der Waals surface area (Å²) >= 11 is 0. The van der Waals surface area contributed by atoms with Gasteiger partial charge >= 0.3 is 0 Å². The average Bonchev–Trinajstić information content (AvgIpc) is 2.78. The maximum absolute atomic E-state index is 13.3. The number of para-hydroxylation sites is 1. The van der Waals surface area contributed by atoms with Crippen LogP contribution < -0.4 is 5.32 Å². The summed E-state index contributed by atoms with van der Waals surface area (Å²) in [6, 6.07) is 28.4. The van der Waals surface area contributed by atoms with E-state index >= 15 is 0 Å². The molecular weight excluding hydrogens is 368 g/mol. The SMILES string of the molecule is Cc1c(-c2ccccc2)nc2ccccc2c1C(=O)N[C@@H](C)CCc1ccccc1. The second kappa shape index (κ2) is 8.91. The number of nitrogens with zero attached hydrogens (tertiary/aromatic N) is 1. The summed E-state index contributed by atoms with van der Waals surface area (Å²) < 4.78 is 0. The topological polar surface area (TPSA) is 42.0 Å². The van der Waals surface area contributed by atoms with Gasteiger partial charge < -0.3 is 5.32 Å². The van der Waals surface area contributed by atoms with E-state index in [1.807, 2.05) is 67.6 Å². The highest BCUT2D eigenvalue weighted by Gasteiger charge is 2.20. The minimum absolute atomic E-state index is 0.0381. The lowest BCUT2D eigenvalue weighted by Crippen LogP contribution is -2.33. The lowest BCUT2D eigenvalue weighted by Gasteiger charge is -2.18. The normalized spacial score (nSPS) is 11.9. The number of carbonyl (C=O) groups is 1. The molecule has 30 heavy (non-hydrogen) atoms. The first-order valence-electron chi connectivity index (χ1n) is 10.4.